The smallest absolute Gasteiger partial charge is 0.354 e. The molecule has 0 bridgehead atoms. The molecule has 13 heavy (non-hydrogen) atoms. The number of rotatable bonds is 1. The van der Waals surface area contributed by atoms with E-state index < -0.39 is 5.97 Å². The molecule has 0 aliphatic carbocycles. The van der Waals surface area contributed by atoms with Gasteiger partial charge in [-0.3, -0.25) is 4.68 Å². The first-order valence-electron chi connectivity index (χ1n) is 3.69. The number of fused-ring (bicyclic) bond motifs is 1. The van der Waals surface area contributed by atoms with Crippen molar-refractivity contribution < 1.29 is 9.90 Å². The van der Waals surface area contributed by atoms with Gasteiger partial charge in [-0.1, -0.05) is 0 Å². The second-order valence-electron chi connectivity index (χ2n) is 2.70. The molecule has 5 nitrogen and oxygen atoms in total. The molecule has 0 aliphatic rings. The molecule has 0 aliphatic heterocycles. The Morgan fingerprint density at radius 1 is 1.54 bits per heavy atom. The zero-order valence-corrected chi connectivity index (χ0v) is 6.93. The van der Waals surface area contributed by atoms with E-state index in [1.54, 1.807) is 17.9 Å². The van der Waals surface area contributed by atoms with Gasteiger partial charge in [0.25, 0.3) is 0 Å². The second-order valence-corrected chi connectivity index (χ2v) is 2.70. The summed E-state index contributed by atoms with van der Waals surface area (Å²) in [4.78, 5) is 14.3. The van der Waals surface area contributed by atoms with Gasteiger partial charge in [0.05, 0.1) is 17.9 Å². The first kappa shape index (κ1) is 7.72. The Morgan fingerprint density at radius 3 is 3.00 bits per heavy atom. The topological polar surface area (TPSA) is 68.0 Å². The van der Waals surface area contributed by atoms with Crippen molar-refractivity contribution >= 4 is 16.9 Å². The minimum Gasteiger partial charge on any atom is -0.477 e. The molecule has 2 aromatic heterocycles. The molecule has 0 unspecified atom stereocenters. The summed E-state index contributed by atoms with van der Waals surface area (Å²) >= 11 is 0. The fraction of sp³-hybridized carbons (Fsp3) is 0.125. The number of aromatic carboxylic acids is 1. The molecule has 0 aromatic carbocycles. The maximum absolute atomic E-state index is 10.6. The number of hydrogen-bond donors (Lipinski definition) is 1. The summed E-state index contributed by atoms with van der Waals surface area (Å²) in [5.74, 6) is -1.02. The third kappa shape index (κ3) is 1.14. The lowest BCUT2D eigenvalue weighted by Crippen LogP contribution is -1.99. The number of carbonyl (C=O) groups is 1. The summed E-state index contributed by atoms with van der Waals surface area (Å²) < 4.78 is 1.65. The van der Waals surface area contributed by atoms with Crippen LogP contribution in [0.4, 0.5) is 0 Å². The fourth-order valence-electron chi connectivity index (χ4n) is 1.17. The molecule has 0 fully saturated rings. The average Bonchev–Trinajstić information content (AvgIpc) is 2.47. The highest BCUT2D eigenvalue weighted by molar-refractivity contribution is 5.90. The minimum atomic E-state index is -1.02. The van der Waals surface area contributed by atoms with Crippen LogP contribution in [0.5, 0.6) is 0 Å². The fourth-order valence-corrected chi connectivity index (χ4v) is 1.17. The van der Waals surface area contributed by atoms with E-state index in [0.29, 0.717) is 0 Å². The lowest BCUT2D eigenvalue weighted by molar-refractivity contribution is 0.0690. The Bertz CT molecular complexity index is 475. The normalized spacial score (nSPS) is 10.5. The van der Waals surface area contributed by atoms with Gasteiger partial charge >= 0.3 is 5.97 Å². The Labute approximate surface area is 73.6 Å². The Morgan fingerprint density at radius 2 is 2.31 bits per heavy atom. The Hall–Kier alpha value is -1.91. The average molecular weight is 177 g/mol. The van der Waals surface area contributed by atoms with Gasteiger partial charge in [0, 0.05) is 12.4 Å². The molecule has 2 rings (SSSR count). The van der Waals surface area contributed by atoms with Gasteiger partial charge in [0.1, 0.15) is 5.69 Å². The molecule has 0 saturated carbocycles. The van der Waals surface area contributed by atoms with Crippen LogP contribution in [-0.2, 0) is 7.05 Å². The molecule has 66 valence electrons. The summed E-state index contributed by atoms with van der Waals surface area (Å²) in [6, 6.07) is 1.50. The van der Waals surface area contributed by atoms with Crippen molar-refractivity contribution in [3.05, 3.63) is 24.2 Å². The second kappa shape index (κ2) is 2.55. The third-order valence-electron chi connectivity index (χ3n) is 1.85. The van der Waals surface area contributed by atoms with E-state index in [2.05, 4.69) is 10.1 Å². The van der Waals surface area contributed by atoms with Gasteiger partial charge in [-0.05, 0) is 6.07 Å². The van der Waals surface area contributed by atoms with Crippen LogP contribution in [0.15, 0.2) is 18.5 Å². The highest BCUT2D eigenvalue weighted by Gasteiger charge is 2.06. The lowest BCUT2D eigenvalue weighted by Gasteiger charge is -1.94. The van der Waals surface area contributed by atoms with Crippen LogP contribution in [0.1, 0.15) is 10.5 Å². The van der Waals surface area contributed by atoms with E-state index in [9.17, 15) is 4.79 Å². The standard InChI is InChI=1S/C8H7N3O2/c1-11-7-4-9-6(8(12)13)2-5(7)3-10-11/h2-4H,1H3,(H,12,13). The van der Waals surface area contributed by atoms with Crippen molar-refractivity contribution in [2.45, 2.75) is 0 Å². The molecule has 5 heteroatoms. The maximum Gasteiger partial charge on any atom is 0.354 e. The number of carboxylic acids is 1. The number of hydrogen-bond acceptors (Lipinski definition) is 3. The van der Waals surface area contributed by atoms with Crippen LogP contribution in [0.2, 0.25) is 0 Å². The molecule has 2 aromatic rings. The molecule has 0 saturated heterocycles. The monoisotopic (exact) mass is 177 g/mol. The molecule has 0 spiro atoms. The van der Waals surface area contributed by atoms with Crippen molar-refractivity contribution in [3.8, 4) is 0 Å². The highest BCUT2D eigenvalue weighted by atomic mass is 16.4. The number of nitrogens with zero attached hydrogens (tertiary/aromatic N) is 3. The van der Waals surface area contributed by atoms with E-state index in [1.165, 1.54) is 12.3 Å². The zero-order chi connectivity index (χ0) is 9.42. The van der Waals surface area contributed by atoms with Gasteiger partial charge < -0.3 is 5.11 Å². The summed E-state index contributed by atoms with van der Waals surface area (Å²) in [5, 5.41) is 13.4. The third-order valence-corrected chi connectivity index (χ3v) is 1.85. The van der Waals surface area contributed by atoms with Gasteiger partial charge in [-0.25, -0.2) is 9.78 Å². The summed E-state index contributed by atoms with van der Waals surface area (Å²) in [6.07, 6.45) is 3.12. The van der Waals surface area contributed by atoms with Crippen molar-refractivity contribution in [3.63, 3.8) is 0 Å². The Balaban J connectivity index is 2.70. The predicted molar refractivity (Wildman–Crippen MR) is 45.5 cm³/mol. The summed E-state index contributed by atoms with van der Waals surface area (Å²) in [5.41, 5.74) is 0.866. The van der Waals surface area contributed by atoms with Gasteiger partial charge in [-0.2, -0.15) is 5.10 Å². The molecule has 2 heterocycles. The van der Waals surface area contributed by atoms with Crippen LogP contribution >= 0.6 is 0 Å². The van der Waals surface area contributed by atoms with E-state index in [4.69, 9.17) is 5.11 Å². The molecule has 1 N–H and O–H groups in total. The number of aryl methyl sites for hydroxylation is 1. The molecule has 0 amide bonds. The summed E-state index contributed by atoms with van der Waals surface area (Å²) in [7, 11) is 1.78. The Kier molecular flexibility index (Phi) is 1.51. The van der Waals surface area contributed by atoms with E-state index in [-0.39, 0.29) is 5.69 Å². The quantitative estimate of drug-likeness (QED) is 0.695. The van der Waals surface area contributed by atoms with E-state index >= 15 is 0 Å². The van der Waals surface area contributed by atoms with Crippen LogP contribution in [0.25, 0.3) is 10.9 Å². The van der Waals surface area contributed by atoms with Crippen LogP contribution < -0.4 is 0 Å². The molecule has 0 radical (unpaired) electrons. The first-order chi connectivity index (χ1) is 6.18. The minimum absolute atomic E-state index is 0.0421. The maximum atomic E-state index is 10.6. The zero-order valence-electron chi connectivity index (χ0n) is 6.93. The predicted octanol–water partition coefficient (Wildman–Crippen LogP) is 0.667. The number of aromatic nitrogens is 3. The molecular formula is C8H7N3O2. The highest BCUT2D eigenvalue weighted by Crippen LogP contribution is 2.11. The van der Waals surface area contributed by atoms with E-state index in [0.717, 1.165) is 10.9 Å². The molecular weight excluding hydrogens is 170 g/mol. The van der Waals surface area contributed by atoms with Crippen LogP contribution in [0, 0.1) is 0 Å². The van der Waals surface area contributed by atoms with Crippen LogP contribution in [-0.4, -0.2) is 25.8 Å². The first-order valence-corrected chi connectivity index (χ1v) is 3.69. The van der Waals surface area contributed by atoms with Crippen molar-refractivity contribution in [1.82, 2.24) is 14.8 Å². The summed E-state index contributed by atoms with van der Waals surface area (Å²) in [6.45, 7) is 0. The van der Waals surface area contributed by atoms with Crippen LogP contribution in [0.3, 0.4) is 0 Å². The van der Waals surface area contributed by atoms with Gasteiger partial charge in [-0.15, -0.1) is 0 Å². The number of pyridine rings is 1. The number of carboxylic acid groups (broad SMARTS) is 1. The van der Waals surface area contributed by atoms with Gasteiger partial charge in [0.2, 0.25) is 0 Å². The van der Waals surface area contributed by atoms with Crippen molar-refractivity contribution in [2.75, 3.05) is 0 Å². The largest absolute Gasteiger partial charge is 0.477 e. The van der Waals surface area contributed by atoms with Gasteiger partial charge in [0.15, 0.2) is 0 Å². The molecule has 0 atom stereocenters. The van der Waals surface area contributed by atoms with E-state index in [1.807, 2.05) is 0 Å². The lowest BCUT2D eigenvalue weighted by atomic mass is 10.3. The SMILES string of the molecule is Cn1ncc2cc(C(=O)O)ncc21. The van der Waals surface area contributed by atoms with Crippen molar-refractivity contribution in [2.24, 2.45) is 7.05 Å². The van der Waals surface area contributed by atoms with Crippen molar-refractivity contribution in [1.29, 1.82) is 0 Å².